The van der Waals surface area contributed by atoms with Crippen LogP contribution in [-0.2, 0) is 19.7 Å². The van der Waals surface area contributed by atoms with Crippen molar-refractivity contribution in [3.63, 3.8) is 0 Å². The minimum absolute atomic E-state index is 0.0404. The molecule has 2 N–H and O–H groups in total. The van der Waals surface area contributed by atoms with Gasteiger partial charge in [-0.25, -0.2) is 0 Å². The molecule has 1 aromatic rings. The maximum absolute atomic E-state index is 12.5. The Hall–Kier alpha value is -1.88. The average Bonchev–Trinajstić information content (AvgIpc) is 2.34. The van der Waals surface area contributed by atoms with Crippen molar-refractivity contribution in [3.05, 3.63) is 35.9 Å². The molecule has 5 heteroatoms. The van der Waals surface area contributed by atoms with Crippen LogP contribution in [0.1, 0.15) is 26.3 Å². The Morgan fingerprint density at radius 2 is 1.75 bits per heavy atom. The molecule has 0 aliphatic heterocycles. The Kier molecular flexibility index (Phi) is 4.89. The number of carboxylic acids is 1. The van der Waals surface area contributed by atoms with E-state index in [2.05, 4.69) is 5.32 Å². The number of aliphatic carboxylic acids is 1. The van der Waals surface area contributed by atoms with Crippen LogP contribution in [0.15, 0.2) is 30.3 Å². The first-order chi connectivity index (χ1) is 9.24. The van der Waals surface area contributed by atoms with Gasteiger partial charge in [0.15, 0.2) is 0 Å². The first kappa shape index (κ1) is 16.2. The van der Waals surface area contributed by atoms with Crippen LogP contribution in [0.3, 0.4) is 0 Å². The van der Waals surface area contributed by atoms with Crippen LogP contribution in [0.5, 0.6) is 0 Å². The van der Waals surface area contributed by atoms with E-state index in [9.17, 15) is 14.7 Å². The molecule has 0 spiro atoms. The van der Waals surface area contributed by atoms with Crippen molar-refractivity contribution in [3.8, 4) is 0 Å². The van der Waals surface area contributed by atoms with Gasteiger partial charge in [0.25, 0.3) is 0 Å². The molecule has 0 fully saturated rings. The van der Waals surface area contributed by atoms with Crippen LogP contribution in [0.2, 0.25) is 0 Å². The second-order valence-electron chi connectivity index (χ2n) is 5.61. The lowest BCUT2D eigenvalue weighted by molar-refractivity contribution is -0.169. The lowest BCUT2D eigenvalue weighted by atomic mass is 9.80. The Morgan fingerprint density at radius 1 is 1.20 bits per heavy atom. The number of carbonyl (C=O) groups is 2. The van der Waals surface area contributed by atoms with E-state index in [0.717, 1.165) is 0 Å². The van der Waals surface area contributed by atoms with Gasteiger partial charge in [-0.05, 0) is 33.4 Å². The smallest absolute Gasteiger partial charge is 0.329 e. The van der Waals surface area contributed by atoms with Crippen molar-refractivity contribution in [1.82, 2.24) is 5.32 Å². The fourth-order valence-corrected chi connectivity index (χ4v) is 1.93. The topological polar surface area (TPSA) is 75.6 Å². The zero-order chi connectivity index (χ0) is 15.4. The molecule has 0 unspecified atom stereocenters. The number of hydrogen-bond acceptors (Lipinski definition) is 4. The van der Waals surface area contributed by atoms with Crippen molar-refractivity contribution < 1.29 is 19.4 Å². The molecular weight excluding hydrogens is 258 g/mol. The molecule has 0 amide bonds. The van der Waals surface area contributed by atoms with Gasteiger partial charge < -0.3 is 15.2 Å². The van der Waals surface area contributed by atoms with Crippen molar-refractivity contribution >= 4 is 11.9 Å². The van der Waals surface area contributed by atoms with Crippen molar-refractivity contribution in [2.75, 3.05) is 13.6 Å². The summed E-state index contributed by atoms with van der Waals surface area (Å²) in [5.41, 5.74) is -2.10. The molecule has 0 aromatic heterocycles. The molecule has 0 saturated carbocycles. The number of esters is 1. The molecule has 20 heavy (non-hydrogen) atoms. The highest BCUT2D eigenvalue weighted by Gasteiger charge is 2.50. The van der Waals surface area contributed by atoms with E-state index in [1.807, 2.05) is 0 Å². The normalized spacial score (nSPS) is 14.4. The van der Waals surface area contributed by atoms with E-state index in [-0.39, 0.29) is 6.54 Å². The predicted molar refractivity (Wildman–Crippen MR) is 75.5 cm³/mol. The van der Waals surface area contributed by atoms with E-state index in [1.165, 1.54) is 0 Å². The number of carboxylic acid groups (broad SMARTS) is 1. The number of ether oxygens (including phenoxy) is 1. The number of hydrogen-bond donors (Lipinski definition) is 2. The minimum Gasteiger partial charge on any atom is -0.480 e. The summed E-state index contributed by atoms with van der Waals surface area (Å²) in [4.78, 5) is 24.3. The molecule has 110 valence electrons. The monoisotopic (exact) mass is 279 g/mol. The Bertz CT molecular complexity index is 478. The highest BCUT2D eigenvalue weighted by atomic mass is 16.6. The largest absolute Gasteiger partial charge is 0.480 e. The fraction of sp³-hybridized carbons (Fsp3) is 0.467. The van der Waals surface area contributed by atoms with Gasteiger partial charge in [0.05, 0.1) is 0 Å². The molecule has 0 aliphatic rings. The molecule has 1 atom stereocenters. The second-order valence-corrected chi connectivity index (χ2v) is 5.61. The van der Waals surface area contributed by atoms with Crippen LogP contribution in [0, 0.1) is 0 Å². The van der Waals surface area contributed by atoms with Crippen LogP contribution in [0.25, 0.3) is 0 Å². The van der Waals surface area contributed by atoms with E-state index in [0.29, 0.717) is 5.56 Å². The number of likely N-dealkylation sites (N-methyl/N-ethyl adjacent to an activating group) is 1. The second kappa shape index (κ2) is 6.05. The minimum atomic E-state index is -1.75. The zero-order valence-corrected chi connectivity index (χ0v) is 12.3. The summed E-state index contributed by atoms with van der Waals surface area (Å²) < 4.78 is 5.31. The third kappa shape index (κ3) is 3.36. The van der Waals surface area contributed by atoms with E-state index >= 15 is 0 Å². The van der Waals surface area contributed by atoms with Crippen LogP contribution in [0.4, 0.5) is 0 Å². The van der Waals surface area contributed by atoms with Crippen molar-refractivity contribution in [2.24, 2.45) is 0 Å². The number of carbonyl (C=O) groups excluding carboxylic acids is 1. The summed E-state index contributed by atoms with van der Waals surface area (Å²) in [6, 6.07) is 8.41. The quantitative estimate of drug-likeness (QED) is 0.632. The SMILES string of the molecule is CNC[C@@](C(=O)O)(C(=O)OC(C)(C)C)c1ccccc1. The standard InChI is InChI=1S/C15H21NO4/c1-14(2,3)20-13(19)15(10-16-4,12(17)18)11-8-6-5-7-9-11/h5-9,16H,10H2,1-4H3,(H,17,18)/t15-/m1/s1. The molecule has 0 bridgehead atoms. The van der Waals surface area contributed by atoms with Crippen LogP contribution < -0.4 is 5.32 Å². The van der Waals surface area contributed by atoms with Gasteiger partial charge in [0.2, 0.25) is 5.41 Å². The van der Waals surface area contributed by atoms with Gasteiger partial charge in [-0.1, -0.05) is 30.3 Å². The third-order valence-electron chi connectivity index (χ3n) is 2.82. The Morgan fingerprint density at radius 3 is 2.15 bits per heavy atom. The number of benzene rings is 1. The van der Waals surface area contributed by atoms with Gasteiger partial charge in [-0.15, -0.1) is 0 Å². The molecule has 0 heterocycles. The molecule has 0 radical (unpaired) electrons. The first-order valence-electron chi connectivity index (χ1n) is 6.41. The lowest BCUT2D eigenvalue weighted by Crippen LogP contribution is -2.53. The zero-order valence-electron chi connectivity index (χ0n) is 12.3. The van der Waals surface area contributed by atoms with Gasteiger partial charge in [0, 0.05) is 6.54 Å². The summed E-state index contributed by atoms with van der Waals surface area (Å²) in [5.74, 6) is -2.00. The fourth-order valence-electron chi connectivity index (χ4n) is 1.93. The van der Waals surface area contributed by atoms with Gasteiger partial charge >= 0.3 is 11.9 Å². The summed E-state index contributed by atoms with van der Waals surface area (Å²) in [6.45, 7) is 5.09. The Labute approximate surface area is 118 Å². The number of rotatable bonds is 5. The van der Waals surface area contributed by atoms with Crippen molar-refractivity contribution in [1.29, 1.82) is 0 Å². The van der Waals surface area contributed by atoms with Gasteiger partial charge in [-0.2, -0.15) is 0 Å². The average molecular weight is 279 g/mol. The lowest BCUT2D eigenvalue weighted by Gasteiger charge is -2.31. The maximum Gasteiger partial charge on any atom is 0.329 e. The summed E-state index contributed by atoms with van der Waals surface area (Å²) in [5, 5.41) is 12.4. The van der Waals surface area contributed by atoms with Gasteiger partial charge in [-0.3, -0.25) is 9.59 Å². The van der Waals surface area contributed by atoms with Gasteiger partial charge in [0.1, 0.15) is 5.60 Å². The van der Waals surface area contributed by atoms with E-state index < -0.39 is 23.0 Å². The molecule has 0 saturated heterocycles. The third-order valence-corrected chi connectivity index (χ3v) is 2.82. The predicted octanol–water partition coefficient (Wildman–Crippen LogP) is 1.57. The Balaban J connectivity index is 3.33. The maximum atomic E-state index is 12.5. The van der Waals surface area contributed by atoms with Crippen LogP contribution in [-0.4, -0.2) is 36.2 Å². The molecule has 5 nitrogen and oxygen atoms in total. The van der Waals surface area contributed by atoms with E-state index in [4.69, 9.17) is 4.74 Å². The summed E-state index contributed by atoms with van der Waals surface area (Å²) in [6.07, 6.45) is 0. The highest BCUT2D eigenvalue weighted by molar-refractivity contribution is 6.06. The first-order valence-corrected chi connectivity index (χ1v) is 6.41. The summed E-state index contributed by atoms with van der Waals surface area (Å²) in [7, 11) is 1.60. The number of nitrogens with one attached hydrogen (secondary N) is 1. The van der Waals surface area contributed by atoms with E-state index in [1.54, 1.807) is 58.2 Å². The molecule has 1 rings (SSSR count). The van der Waals surface area contributed by atoms with Crippen molar-refractivity contribution in [2.45, 2.75) is 31.8 Å². The molecular formula is C15H21NO4. The summed E-state index contributed by atoms with van der Waals surface area (Å²) >= 11 is 0. The molecule has 1 aromatic carbocycles. The highest BCUT2D eigenvalue weighted by Crippen LogP contribution is 2.28. The molecule has 0 aliphatic carbocycles. The van der Waals surface area contributed by atoms with Crippen LogP contribution >= 0.6 is 0 Å².